The van der Waals surface area contributed by atoms with Crippen LogP contribution >= 0.6 is 0 Å². The number of rotatable bonds is 5. The van der Waals surface area contributed by atoms with E-state index in [1.54, 1.807) is 60.5 Å². The number of hydrogen-bond donors (Lipinski definition) is 1. The SMILES string of the molecule is COc1ccc(C(=O)C2CCN(C(=O)c3ccc(C(N)=O)cc3)CC2)cc1. The molecule has 0 bridgehead atoms. The third-order valence-electron chi connectivity index (χ3n) is 4.94. The highest BCUT2D eigenvalue weighted by Gasteiger charge is 2.28. The molecule has 1 aliphatic rings. The van der Waals surface area contributed by atoms with Crippen molar-refractivity contribution in [3.05, 3.63) is 65.2 Å². The van der Waals surface area contributed by atoms with Gasteiger partial charge < -0.3 is 15.4 Å². The maximum atomic E-state index is 12.7. The highest BCUT2D eigenvalue weighted by atomic mass is 16.5. The molecule has 0 saturated carbocycles. The van der Waals surface area contributed by atoms with Gasteiger partial charge >= 0.3 is 0 Å². The minimum atomic E-state index is -0.521. The first-order chi connectivity index (χ1) is 13.0. The van der Waals surface area contributed by atoms with Gasteiger partial charge in [-0.05, 0) is 61.4 Å². The van der Waals surface area contributed by atoms with Crippen LogP contribution in [0.3, 0.4) is 0 Å². The zero-order valence-corrected chi connectivity index (χ0v) is 15.2. The highest BCUT2D eigenvalue weighted by Crippen LogP contribution is 2.24. The fraction of sp³-hybridized carbons (Fsp3) is 0.286. The molecule has 2 amide bonds. The number of Topliss-reactive ketones (excluding diaryl/α,β-unsaturated/α-hetero) is 1. The number of benzene rings is 2. The van der Waals surface area contributed by atoms with Gasteiger partial charge in [-0.3, -0.25) is 14.4 Å². The molecule has 3 rings (SSSR count). The molecule has 0 radical (unpaired) electrons. The van der Waals surface area contributed by atoms with Crippen molar-refractivity contribution in [3.8, 4) is 5.75 Å². The molecule has 0 atom stereocenters. The predicted molar refractivity (Wildman–Crippen MR) is 101 cm³/mol. The van der Waals surface area contributed by atoms with Gasteiger partial charge in [0.1, 0.15) is 5.75 Å². The van der Waals surface area contributed by atoms with Crippen LogP contribution in [-0.2, 0) is 0 Å². The standard InChI is InChI=1S/C21H22N2O4/c1-27-18-8-6-14(7-9-18)19(24)15-10-12-23(13-11-15)21(26)17-4-2-16(3-5-17)20(22)25/h2-9,15H,10-13H2,1H3,(H2,22,25). The Labute approximate surface area is 157 Å². The number of carbonyl (C=O) groups is 3. The Morgan fingerprint density at radius 2 is 1.41 bits per heavy atom. The number of piperidine rings is 1. The van der Waals surface area contributed by atoms with Gasteiger partial charge in [0.15, 0.2) is 5.78 Å². The van der Waals surface area contributed by atoms with Crippen molar-refractivity contribution in [3.63, 3.8) is 0 Å². The van der Waals surface area contributed by atoms with E-state index in [0.717, 1.165) is 0 Å². The van der Waals surface area contributed by atoms with Crippen LogP contribution in [0.25, 0.3) is 0 Å². The molecule has 1 aliphatic heterocycles. The Bertz CT molecular complexity index is 835. The molecule has 2 N–H and O–H groups in total. The molecule has 1 saturated heterocycles. The normalized spacial score (nSPS) is 14.6. The average Bonchev–Trinajstić information content (AvgIpc) is 2.73. The second-order valence-electron chi connectivity index (χ2n) is 6.60. The quantitative estimate of drug-likeness (QED) is 0.824. The van der Waals surface area contributed by atoms with Crippen LogP contribution in [0.5, 0.6) is 5.75 Å². The summed E-state index contributed by atoms with van der Waals surface area (Å²) in [5.41, 5.74) is 6.77. The number of likely N-dealkylation sites (tertiary alicyclic amines) is 1. The van der Waals surface area contributed by atoms with Crippen molar-refractivity contribution < 1.29 is 19.1 Å². The molecule has 0 aliphatic carbocycles. The smallest absolute Gasteiger partial charge is 0.253 e. The number of nitrogens with zero attached hydrogens (tertiary/aromatic N) is 1. The van der Waals surface area contributed by atoms with Gasteiger partial charge in [0, 0.05) is 35.7 Å². The number of ketones is 1. The Kier molecular flexibility index (Phi) is 5.54. The average molecular weight is 366 g/mol. The van der Waals surface area contributed by atoms with E-state index < -0.39 is 5.91 Å². The summed E-state index contributed by atoms with van der Waals surface area (Å²) >= 11 is 0. The molecule has 0 spiro atoms. The second-order valence-corrected chi connectivity index (χ2v) is 6.60. The number of carbonyl (C=O) groups excluding carboxylic acids is 3. The van der Waals surface area contributed by atoms with Crippen LogP contribution in [-0.4, -0.2) is 42.7 Å². The third-order valence-corrected chi connectivity index (χ3v) is 4.94. The van der Waals surface area contributed by atoms with E-state index in [9.17, 15) is 14.4 Å². The highest BCUT2D eigenvalue weighted by molar-refractivity contribution is 5.99. The van der Waals surface area contributed by atoms with Gasteiger partial charge in [-0.1, -0.05) is 0 Å². The molecule has 140 valence electrons. The maximum Gasteiger partial charge on any atom is 0.253 e. The van der Waals surface area contributed by atoms with E-state index in [0.29, 0.717) is 48.4 Å². The van der Waals surface area contributed by atoms with Crippen LogP contribution in [0, 0.1) is 5.92 Å². The zero-order valence-electron chi connectivity index (χ0n) is 15.2. The number of amides is 2. The van der Waals surface area contributed by atoms with Gasteiger partial charge in [0.25, 0.3) is 5.91 Å². The summed E-state index contributed by atoms with van der Waals surface area (Å²) in [4.78, 5) is 38.1. The van der Waals surface area contributed by atoms with Crippen molar-refractivity contribution in [1.29, 1.82) is 0 Å². The van der Waals surface area contributed by atoms with Gasteiger partial charge in [-0.2, -0.15) is 0 Å². The molecule has 0 aromatic heterocycles. The Hall–Kier alpha value is -3.15. The summed E-state index contributed by atoms with van der Waals surface area (Å²) in [6.45, 7) is 1.06. The van der Waals surface area contributed by atoms with Crippen molar-refractivity contribution in [2.75, 3.05) is 20.2 Å². The topological polar surface area (TPSA) is 89.7 Å². The second kappa shape index (κ2) is 8.03. The number of primary amides is 1. The van der Waals surface area contributed by atoms with Gasteiger partial charge in [-0.15, -0.1) is 0 Å². The first-order valence-corrected chi connectivity index (χ1v) is 8.87. The van der Waals surface area contributed by atoms with E-state index in [1.807, 2.05) is 0 Å². The number of ether oxygens (including phenoxy) is 1. The first-order valence-electron chi connectivity index (χ1n) is 8.87. The van der Waals surface area contributed by atoms with Crippen LogP contribution in [0.4, 0.5) is 0 Å². The summed E-state index contributed by atoms with van der Waals surface area (Å²) < 4.78 is 5.12. The predicted octanol–water partition coefficient (Wildman–Crippen LogP) is 2.53. The molecule has 1 heterocycles. The molecule has 27 heavy (non-hydrogen) atoms. The van der Waals surface area contributed by atoms with E-state index in [4.69, 9.17) is 10.5 Å². The van der Waals surface area contributed by atoms with Crippen molar-refractivity contribution in [2.45, 2.75) is 12.8 Å². The van der Waals surface area contributed by atoms with Crippen LogP contribution < -0.4 is 10.5 Å². The molecule has 2 aromatic carbocycles. The molecule has 6 heteroatoms. The van der Waals surface area contributed by atoms with Gasteiger partial charge in [0.05, 0.1) is 7.11 Å². The lowest BCUT2D eigenvalue weighted by molar-refractivity contribution is 0.0650. The summed E-state index contributed by atoms with van der Waals surface area (Å²) in [6.07, 6.45) is 1.27. The number of methoxy groups -OCH3 is 1. The largest absolute Gasteiger partial charge is 0.497 e. The Balaban J connectivity index is 1.59. The Morgan fingerprint density at radius 1 is 0.889 bits per heavy atom. The molecule has 1 fully saturated rings. The third kappa shape index (κ3) is 4.16. The van der Waals surface area contributed by atoms with Gasteiger partial charge in [-0.25, -0.2) is 0 Å². The van der Waals surface area contributed by atoms with Crippen molar-refractivity contribution in [1.82, 2.24) is 4.90 Å². The van der Waals surface area contributed by atoms with Crippen LogP contribution in [0.2, 0.25) is 0 Å². The molecule has 0 unspecified atom stereocenters. The lowest BCUT2D eigenvalue weighted by Crippen LogP contribution is -2.40. The Morgan fingerprint density at radius 3 is 1.93 bits per heavy atom. The van der Waals surface area contributed by atoms with Crippen molar-refractivity contribution in [2.24, 2.45) is 11.7 Å². The fourth-order valence-corrected chi connectivity index (χ4v) is 3.30. The monoisotopic (exact) mass is 366 g/mol. The first kappa shape index (κ1) is 18.6. The van der Waals surface area contributed by atoms with Crippen molar-refractivity contribution >= 4 is 17.6 Å². The molecule has 6 nitrogen and oxygen atoms in total. The van der Waals surface area contributed by atoms with E-state index >= 15 is 0 Å². The maximum absolute atomic E-state index is 12.7. The molecule has 2 aromatic rings. The summed E-state index contributed by atoms with van der Waals surface area (Å²) in [5, 5.41) is 0. The van der Waals surface area contributed by atoms with Crippen LogP contribution in [0.1, 0.15) is 43.9 Å². The van der Waals surface area contributed by atoms with E-state index in [-0.39, 0.29) is 17.6 Å². The van der Waals surface area contributed by atoms with E-state index in [2.05, 4.69) is 0 Å². The van der Waals surface area contributed by atoms with E-state index in [1.165, 1.54) is 0 Å². The lowest BCUT2D eigenvalue weighted by atomic mass is 9.88. The fourth-order valence-electron chi connectivity index (χ4n) is 3.30. The zero-order chi connectivity index (χ0) is 19.4. The summed E-state index contributed by atoms with van der Waals surface area (Å²) in [7, 11) is 1.59. The van der Waals surface area contributed by atoms with Crippen LogP contribution in [0.15, 0.2) is 48.5 Å². The lowest BCUT2D eigenvalue weighted by Gasteiger charge is -2.31. The number of hydrogen-bond acceptors (Lipinski definition) is 4. The van der Waals surface area contributed by atoms with Gasteiger partial charge in [0.2, 0.25) is 5.91 Å². The summed E-state index contributed by atoms with van der Waals surface area (Å²) in [6, 6.07) is 13.4. The molecular weight excluding hydrogens is 344 g/mol. The number of nitrogens with two attached hydrogens (primary N) is 1. The minimum Gasteiger partial charge on any atom is -0.497 e. The minimum absolute atomic E-state index is 0.0836. The summed E-state index contributed by atoms with van der Waals surface area (Å²) in [5.74, 6) is 0.123. The molecular formula is C21H22N2O4.